The van der Waals surface area contributed by atoms with Crippen LogP contribution in [0.5, 0.6) is 0 Å². The van der Waals surface area contributed by atoms with Crippen LogP contribution in [-0.2, 0) is 13.0 Å². The molecule has 0 saturated heterocycles. The normalized spacial score (nSPS) is 11.2. The Bertz CT molecular complexity index is 1100. The average molecular weight is 423 g/mol. The molecule has 7 nitrogen and oxygen atoms in total. The molecule has 3 aromatic rings. The maximum atomic E-state index is 13.7. The monoisotopic (exact) mass is 423 g/mol. The van der Waals surface area contributed by atoms with E-state index < -0.39 is 0 Å². The number of aliphatic imine (C=N–C) groups is 1. The maximum Gasteiger partial charge on any atom is 0.191 e. The Kier molecular flexibility index (Phi) is 7.17. The summed E-state index contributed by atoms with van der Waals surface area (Å²) in [6, 6.07) is 14.4. The molecule has 4 N–H and O–H groups in total. The van der Waals surface area contributed by atoms with E-state index in [9.17, 15) is 14.0 Å². The van der Waals surface area contributed by atoms with Crippen LogP contribution in [0.2, 0.25) is 0 Å². The number of benzene rings is 2. The predicted molar refractivity (Wildman–Crippen MR) is 116 cm³/mol. The molecule has 0 unspecified atom stereocenters. The van der Waals surface area contributed by atoms with E-state index in [0.29, 0.717) is 54.4 Å². The van der Waals surface area contributed by atoms with Crippen molar-refractivity contribution >= 4 is 11.8 Å². The number of nitrogen functional groups attached to an aromatic ring is 1. The molecular formula is C22H23F2N7. The van der Waals surface area contributed by atoms with E-state index in [1.807, 2.05) is 0 Å². The minimum Gasteiger partial charge on any atom is -0.382 e. The highest BCUT2D eigenvalue weighted by molar-refractivity contribution is 5.79. The number of nitrogens with zero attached hydrogens (tertiary/aromatic N) is 4. The quantitative estimate of drug-likeness (QED) is 0.308. The number of anilines is 1. The molecule has 160 valence electrons. The highest BCUT2D eigenvalue weighted by atomic mass is 19.1. The molecule has 31 heavy (non-hydrogen) atoms. The number of guanidine groups is 1. The van der Waals surface area contributed by atoms with E-state index >= 15 is 0 Å². The lowest BCUT2D eigenvalue weighted by molar-refractivity contribution is 0.604. The van der Waals surface area contributed by atoms with E-state index in [1.165, 1.54) is 22.9 Å². The average Bonchev–Trinajstić information content (AvgIpc) is 3.10. The number of hydrogen-bond acceptors (Lipinski definition) is 4. The standard InChI is InChI=1S/C22H23F2N7/c1-27-22(29-14-15-5-2-3-6-19(15)24)28-12-4-7-20-18(13-25)21(26)31(30-20)17-10-8-16(23)9-11-17/h2-3,5-6,8-11H,4,7,12,14,26H2,1H3,(H2,27,28,29). The topological polar surface area (TPSA) is 104 Å². The van der Waals surface area contributed by atoms with Crippen LogP contribution in [0.1, 0.15) is 23.2 Å². The fourth-order valence-electron chi connectivity index (χ4n) is 3.06. The van der Waals surface area contributed by atoms with Gasteiger partial charge in [-0.2, -0.15) is 10.4 Å². The molecular weight excluding hydrogens is 400 g/mol. The smallest absolute Gasteiger partial charge is 0.191 e. The molecule has 0 aliphatic rings. The summed E-state index contributed by atoms with van der Waals surface area (Å²) >= 11 is 0. The van der Waals surface area contributed by atoms with Crippen molar-refractivity contribution in [2.24, 2.45) is 4.99 Å². The van der Waals surface area contributed by atoms with Gasteiger partial charge in [-0.3, -0.25) is 4.99 Å². The molecule has 0 atom stereocenters. The summed E-state index contributed by atoms with van der Waals surface area (Å²) in [5.74, 6) is 0.127. The second kappa shape index (κ2) is 10.2. The molecule has 1 heterocycles. The lowest BCUT2D eigenvalue weighted by Crippen LogP contribution is -2.37. The summed E-state index contributed by atoms with van der Waals surface area (Å²) in [5, 5.41) is 20.1. The molecule has 0 aliphatic carbocycles. The second-order valence-electron chi connectivity index (χ2n) is 6.75. The SMILES string of the molecule is CN=C(NCCCc1nn(-c2ccc(F)cc2)c(N)c1C#N)NCc1ccccc1F. The van der Waals surface area contributed by atoms with Gasteiger partial charge in [0.15, 0.2) is 5.96 Å². The number of nitrogens with one attached hydrogen (secondary N) is 2. The van der Waals surface area contributed by atoms with Gasteiger partial charge in [-0.1, -0.05) is 18.2 Å². The van der Waals surface area contributed by atoms with Crippen molar-refractivity contribution in [1.29, 1.82) is 5.26 Å². The molecule has 1 aromatic heterocycles. The molecule has 0 bridgehead atoms. The van der Waals surface area contributed by atoms with Gasteiger partial charge in [0.1, 0.15) is 29.1 Å². The van der Waals surface area contributed by atoms with E-state index in [1.54, 1.807) is 37.4 Å². The fourth-order valence-corrected chi connectivity index (χ4v) is 3.06. The van der Waals surface area contributed by atoms with Crippen LogP contribution >= 0.6 is 0 Å². The Morgan fingerprint density at radius 2 is 1.90 bits per heavy atom. The predicted octanol–water partition coefficient (Wildman–Crippen LogP) is 2.90. The largest absolute Gasteiger partial charge is 0.382 e. The van der Waals surface area contributed by atoms with Gasteiger partial charge in [-0.25, -0.2) is 13.5 Å². The zero-order chi connectivity index (χ0) is 22.2. The lowest BCUT2D eigenvalue weighted by atomic mass is 10.1. The summed E-state index contributed by atoms with van der Waals surface area (Å²) < 4.78 is 28.3. The first-order chi connectivity index (χ1) is 15.0. The van der Waals surface area contributed by atoms with Crippen molar-refractivity contribution in [2.45, 2.75) is 19.4 Å². The van der Waals surface area contributed by atoms with Gasteiger partial charge in [0.05, 0.1) is 11.4 Å². The highest BCUT2D eigenvalue weighted by Gasteiger charge is 2.16. The van der Waals surface area contributed by atoms with E-state index in [2.05, 4.69) is 26.8 Å². The van der Waals surface area contributed by atoms with Gasteiger partial charge in [0.2, 0.25) is 0 Å². The number of halogens is 2. The summed E-state index contributed by atoms with van der Waals surface area (Å²) in [7, 11) is 1.63. The van der Waals surface area contributed by atoms with Crippen LogP contribution in [-0.4, -0.2) is 29.3 Å². The Morgan fingerprint density at radius 1 is 1.16 bits per heavy atom. The molecule has 2 aromatic carbocycles. The number of rotatable bonds is 7. The van der Waals surface area contributed by atoms with E-state index in [-0.39, 0.29) is 17.5 Å². The fraction of sp³-hybridized carbons (Fsp3) is 0.227. The number of hydrogen-bond donors (Lipinski definition) is 3. The van der Waals surface area contributed by atoms with Crippen LogP contribution in [0.3, 0.4) is 0 Å². The summed E-state index contributed by atoms with van der Waals surface area (Å²) in [6.07, 6.45) is 1.17. The first-order valence-corrected chi connectivity index (χ1v) is 9.74. The van der Waals surface area contributed by atoms with Gasteiger partial charge >= 0.3 is 0 Å². The Morgan fingerprint density at radius 3 is 2.58 bits per heavy atom. The van der Waals surface area contributed by atoms with Crippen molar-refractivity contribution in [3.8, 4) is 11.8 Å². The first-order valence-electron chi connectivity index (χ1n) is 9.74. The Hall–Kier alpha value is -3.93. The summed E-state index contributed by atoms with van der Waals surface area (Å²) in [5.41, 5.74) is 8.08. The molecule has 0 radical (unpaired) electrons. The van der Waals surface area contributed by atoms with E-state index in [4.69, 9.17) is 5.73 Å². The van der Waals surface area contributed by atoms with Crippen molar-refractivity contribution in [3.63, 3.8) is 0 Å². The van der Waals surface area contributed by atoms with Crippen LogP contribution in [0.15, 0.2) is 53.5 Å². The zero-order valence-electron chi connectivity index (χ0n) is 17.1. The Labute approximate surface area is 179 Å². The molecule has 3 rings (SSSR count). The third-order valence-electron chi connectivity index (χ3n) is 4.69. The van der Waals surface area contributed by atoms with Crippen LogP contribution in [0, 0.1) is 23.0 Å². The second-order valence-corrected chi connectivity index (χ2v) is 6.75. The molecule has 0 aliphatic heterocycles. The van der Waals surface area contributed by atoms with Crippen molar-refractivity contribution in [1.82, 2.24) is 20.4 Å². The van der Waals surface area contributed by atoms with Gasteiger partial charge in [0.25, 0.3) is 0 Å². The third-order valence-corrected chi connectivity index (χ3v) is 4.69. The number of aryl methyl sites for hydroxylation is 1. The Balaban J connectivity index is 1.56. The molecule has 0 spiro atoms. The van der Waals surface area contributed by atoms with Crippen molar-refractivity contribution < 1.29 is 8.78 Å². The third kappa shape index (κ3) is 5.36. The minimum atomic E-state index is -0.363. The molecule has 0 fully saturated rings. The lowest BCUT2D eigenvalue weighted by Gasteiger charge is -2.12. The van der Waals surface area contributed by atoms with Gasteiger partial charge in [0, 0.05) is 25.7 Å². The maximum absolute atomic E-state index is 13.7. The minimum absolute atomic E-state index is 0.222. The zero-order valence-corrected chi connectivity index (χ0v) is 17.1. The van der Waals surface area contributed by atoms with Crippen LogP contribution in [0.25, 0.3) is 5.69 Å². The highest BCUT2D eigenvalue weighted by Crippen LogP contribution is 2.21. The first kappa shape index (κ1) is 21.8. The molecule has 0 saturated carbocycles. The van der Waals surface area contributed by atoms with Crippen LogP contribution < -0.4 is 16.4 Å². The van der Waals surface area contributed by atoms with Crippen LogP contribution in [0.4, 0.5) is 14.6 Å². The van der Waals surface area contributed by atoms with Gasteiger partial charge in [-0.05, 0) is 43.2 Å². The van der Waals surface area contributed by atoms with Crippen molar-refractivity contribution in [3.05, 3.63) is 77.0 Å². The van der Waals surface area contributed by atoms with E-state index in [0.717, 1.165) is 0 Å². The molecule has 9 heteroatoms. The number of nitriles is 1. The number of nitrogens with two attached hydrogens (primary N) is 1. The summed E-state index contributed by atoms with van der Waals surface area (Å²) in [6.45, 7) is 0.870. The summed E-state index contributed by atoms with van der Waals surface area (Å²) in [4.78, 5) is 4.13. The van der Waals surface area contributed by atoms with Gasteiger partial charge in [-0.15, -0.1) is 0 Å². The van der Waals surface area contributed by atoms with Gasteiger partial charge < -0.3 is 16.4 Å². The van der Waals surface area contributed by atoms with Crippen molar-refractivity contribution in [2.75, 3.05) is 19.3 Å². The molecule has 0 amide bonds. The number of aromatic nitrogens is 2.